The van der Waals surface area contributed by atoms with Crippen LogP contribution in [0.4, 0.5) is 21.8 Å². The normalized spacial score (nSPS) is 10.2. The third-order valence-corrected chi connectivity index (χ3v) is 2.99. The highest BCUT2D eigenvalue weighted by Gasteiger charge is 2.05. The number of aromatic nitrogens is 2. The van der Waals surface area contributed by atoms with Crippen molar-refractivity contribution in [2.75, 3.05) is 17.7 Å². The molecule has 0 fully saturated rings. The molecule has 2 rings (SSSR count). The summed E-state index contributed by atoms with van der Waals surface area (Å²) in [6, 6.07) is 4.71. The molecule has 0 aliphatic carbocycles. The Morgan fingerprint density at radius 2 is 2.11 bits per heavy atom. The average Bonchev–Trinajstić information content (AvgIpc) is 2.36. The van der Waals surface area contributed by atoms with Crippen molar-refractivity contribution in [3.8, 4) is 0 Å². The zero-order valence-corrected chi connectivity index (χ0v) is 11.5. The van der Waals surface area contributed by atoms with Crippen LogP contribution in [-0.2, 0) is 0 Å². The standard InChI is InChI=1S/C12H12BrFN4/c1-7-6-16-12(15-2)18-11(7)17-8-3-4-10(14)9(13)5-8/h3-6H,1-2H3,(H2,15,16,17,18). The Kier molecular flexibility index (Phi) is 3.76. The summed E-state index contributed by atoms with van der Waals surface area (Å²) in [5.74, 6) is 0.924. The second kappa shape index (κ2) is 5.30. The first-order valence-corrected chi connectivity index (χ1v) is 6.13. The fourth-order valence-corrected chi connectivity index (χ4v) is 1.78. The number of anilines is 3. The molecule has 94 valence electrons. The van der Waals surface area contributed by atoms with Crippen molar-refractivity contribution in [1.82, 2.24) is 9.97 Å². The molecule has 1 aromatic carbocycles. The van der Waals surface area contributed by atoms with E-state index in [2.05, 4.69) is 36.5 Å². The van der Waals surface area contributed by atoms with Gasteiger partial charge in [0.25, 0.3) is 0 Å². The van der Waals surface area contributed by atoms with E-state index in [1.807, 2.05) is 6.92 Å². The molecule has 0 bridgehead atoms. The molecule has 0 spiro atoms. The molecule has 0 saturated heterocycles. The summed E-state index contributed by atoms with van der Waals surface area (Å²) in [5.41, 5.74) is 1.67. The van der Waals surface area contributed by atoms with Crippen LogP contribution in [0.3, 0.4) is 0 Å². The molecule has 0 aliphatic rings. The van der Waals surface area contributed by atoms with Crippen molar-refractivity contribution in [3.63, 3.8) is 0 Å². The summed E-state index contributed by atoms with van der Waals surface area (Å²) in [7, 11) is 1.75. The van der Waals surface area contributed by atoms with Crippen LogP contribution < -0.4 is 10.6 Å². The minimum absolute atomic E-state index is 0.295. The molecule has 0 amide bonds. The minimum atomic E-state index is -0.295. The van der Waals surface area contributed by atoms with E-state index in [9.17, 15) is 4.39 Å². The predicted octanol–water partition coefficient (Wildman–Crippen LogP) is 3.47. The van der Waals surface area contributed by atoms with E-state index in [-0.39, 0.29) is 5.82 Å². The summed E-state index contributed by atoms with van der Waals surface area (Å²) < 4.78 is 13.5. The highest BCUT2D eigenvalue weighted by Crippen LogP contribution is 2.24. The van der Waals surface area contributed by atoms with Gasteiger partial charge in [-0.2, -0.15) is 4.98 Å². The zero-order valence-electron chi connectivity index (χ0n) is 9.96. The maximum Gasteiger partial charge on any atom is 0.224 e. The Morgan fingerprint density at radius 1 is 1.33 bits per heavy atom. The lowest BCUT2D eigenvalue weighted by Gasteiger charge is -2.10. The lowest BCUT2D eigenvalue weighted by Crippen LogP contribution is -2.02. The van der Waals surface area contributed by atoms with Crippen molar-refractivity contribution >= 4 is 33.4 Å². The molecule has 18 heavy (non-hydrogen) atoms. The van der Waals surface area contributed by atoms with Gasteiger partial charge < -0.3 is 10.6 Å². The number of nitrogens with one attached hydrogen (secondary N) is 2. The molecule has 0 aliphatic heterocycles. The van der Waals surface area contributed by atoms with Gasteiger partial charge in [-0.3, -0.25) is 0 Å². The van der Waals surface area contributed by atoms with Gasteiger partial charge in [0.05, 0.1) is 4.47 Å². The summed E-state index contributed by atoms with van der Waals surface area (Å²) in [5, 5.41) is 6.00. The Hall–Kier alpha value is -1.69. The summed E-state index contributed by atoms with van der Waals surface area (Å²) in [4.78, 5) is 8.39. The van der Waals surface area contributed by atoms with Gasteiger partial charge in [-0.25, -0.2) is 9.37 Å². The molecule has 2 aromatic rings. The van der Waals surface area contributed by atoms with Gasteiger partial charge in [-0.05, 0) is 41.1 Å². The van der Waals surface area contributed by atoms with Gasteiger partial charge in [-0.1, -0.05) is 0 Å². The quantitative estimate of drug-likeness (QED) is 0.911. The van der Waals surface area contributed by atoms with Gasteiger partial charge in [0.1, 0.15) is 11.6 Å². The van der Waals surface area contributed by atoms with Gasteiger partial charge >= 0.3 is 0 Å². The molecular weight excluding hydrogens is 299 g/mol. The van der Waals surface area contributed by atoms with E-state index < -0.39 is 0 Å². The number of nitrogens with zero attached hydrogens (tertiary/aromatic N) is 2. The number of rotatable bonds is 3. The molecule has 1 heterocycles. The zero-order chi connectivity index (χ0) is 13.1. The highest BCUT2D eigenvalue weighted by atomic mass is 79.9. The maximum atomic E-state index is 13.1. The summed E-state index contributed by atoms with van der Waals surface area (Å²) >= 11 is 3.15. The topological polar surface area (TPSA) is 49.8 Å². The van der Waals surface area contributed by atoms with E-state index in [4.69, 9.17) is 0 Å². The van der Waals surface area contributed by atoms with Crippen molar-refractivity contribution in [2.24, 2.45) is 0 Å². The van der Waals surface area contributed by atoms with Crippen LogP contribution in [0.1, 0.15) is 5.56 Å². The van der Waals surface area contributed by atoms with E-state index in [0.717, 1.165) is 11.3 Å². The lowest BCUT2D eigenvalue weighted by atomic mass is 10.3. The largest absolute Gasteiger partial charge is 0.357 e. The van der Waals surface area contributed by atoms with Crippen LogP contribution in [0.5, 0.6) is 0 Å². The van der Waals surface area contributed by atoms with Crippen molar-refractivity contribution in [2.45, 2.75) is 6.92 Å². The first-order chi connectivity index (χ1) is 8.60. The Morgan fingerprint density at radius 3 is 2.78 bits per heavy atom. The molecule has 0 radical (unpaired) electrons. The molecule has 1 aromatic heterocycles. The SMILES string of the molecule is CNc1ncc(C)c(Nc2ccc(F)c(Br)c2)n1. The third kappa shape index (κ3) is 2.76. The highest BCUT2D eigenvalue weighted by molar-refractivity contribution is 9.10. The van der Waals surface area contributed by atoms with Gasteiger partial charge in [0.2, 0.25) is 5.95 Å². The van der Waals surface area contributed by atoms with E-state index in [1.165, 1.54) is 6.07 Å². The number of benzene rings is 1. The second-order valence-electron chi connectivity index (χ2n) is 3.73. The maximum absolute atomic E-state index is 13.1. The Labute approximate surface area is 113 Å². The minimum Gasteiger partial charge on any atom is -0.357 e. The van der Waals surface area contributed by atoms with Crippen LogP contribution >= 0.6 is 15.9 Å². The Bertz CT molecular complexity index is 574. The second-order valence-corrected chi connectivity index (χ2v) is 4.58. The molecule has 0 atom stereocenters. The third-order valence-electron chi connectivity index (χ3n) is 2.38. The van der Waals surface area contributed by atoms with E-state index in [0.29, 0.717) is 16.2 Å². The molecular formula is C12H12BrFN4. The van der Waals surface area contributed by atoms with Crippen molar-refractivity contribution < 1.29 is 4.39 Å². The van der Waals surface area contributed by atoms with E-state index in [1.54, 1.807) is 25.4 Å². The van der Waals surface area contributed by atoms with E-state index >= 15 is 0 Å². The first-order valence-electron chi connectivity index (χ1n) is 5.33. The number of aryl methyl sites for hydroxylation is 1. The van der Waals surface area contributed by atoms with Crippen LogP contribution in [0.15, 0.2) is 28.9 Å². The average molecular weight is 311 g/mol. The molecule has 2 N–H and O–H groups in total. The molecule has 0 unspecified atom stereocenters. The number of halogens is 2. The van der Waals surface area contributed by atoms with Crippen LogP contribution in [0.2, 0.25) is 0 Å². The lowest BCUT2D eigenvalue weighted by molar-refractivity contribution is 0.621. The number of hydrogen-bond donors (Lipinski definition) is 2. The fourth-order valence-electron chi connectivity index (χ4n) is 1.40. The summed E-state index contributed by atoms with van der Waals surface area (Å²) in [6.07, 6.45) is 1.72. The van der Waals surface area contributed by atoms with Crippen LogP contribution in [0.25, 0.3) is 0 Å². The van der Waals surface area contributed by atoms with Gasteiger partial charge in [0.15, 0.2) is 0 Å². The molecule has 6 heteroatoms. The Balaban J connectivity index is 2.30. The molecule has 0 saturated carbocycles. The van der Waals surface area contributed by atoms with Gasteiger partial charge in [-0.15, -0.1) is 0 Å². The predicted molar refractivity (Wildman–Crippen MR) is 73.7 cm³/mol. The fraction of sp³-hybridized carbons (Fsp3) is 0.167. The van der Waals surface area contributed by atoms with Crippen LogP contribution in [-0.4, -0.2) is 17.0 Å². The smallest absolute Gasteiger partial charge is 0.224 e. The van der Waals surface area contributed by atoms with Crippen molar-refractivity contribution in [3.05, 3.63) is 40.2 Å². The molecule has 4 nitrogen and oxygen atoms in total. The monoisotopic (exact) mass is 310 g/mol. The van der Waals surface area contributed by atoms with Crippen molar-refractivity contribution in [1.29, 1.82) is 0 Å². The number of hydrogen-bond acceptors (Lipinski definition) is 4. The first kappa shape index (κ1) is 12.8. The van der Waals surface area contributed by atoms with Gasteiger partial charge in [0, 0.05) is 24.5 Å². The summed E-state index contributed by atoms with van der Waals surface area (Å²) in [6.45, 7) is 1.90. The van der Waals surface area contributed by atoms with Crippen LogP contribution in [0, 0.1) is 12.7 Å².